The number of hydrogen-bond acceptors (Lipinski definition) is 6. The van der Waals surface area contributed by atoms with Gasteiger partial charge in [-0.3, -0.25) is 4.79 Å². The van der Waals surface area contributed by atoms with Gasteiger partial charge in [0.1, 0.15) is 0 Å². The number of nitrogens with zero attached hydrogens (tertiary/aromatic N) is 2. The van der Waals surface area contributed by atoms with Gasteiger partial charge in [0.15, 0.2) is 11.5 Å². The number of nitrogens with one attached hydrogen (secondary N) is 1. The number of benzene rings is 3. The van der Waals surface area contributed by atoms with Crippen molar-refractivity contribution in [2.75, 3.05) is 13.7 Å². The van der Waals surface area contributed by atoms with E-state index in [1.165, 1.54) is 31.5 Å². The number of phenolic OH excluding ortho intramolecular Hbond substituents is 1. The average Bonchev–Trinajstić information content (AvgIpc) is 2.80. The molecular weight excluding hydrogens is 454 g/mol. The van der Waals surface area contributed by atoms with Crippen molar-refractivity contribution < 1.29 is 23.1 Å². The number of sulfonamides is 1. The molecule has 0 heterocycles. The molecule has 34 heavy (non-hydrogen) atoms. The minimum Gasteiger partial charge on any atom is -0.504 e. The van der Waals surface area contributed by atoms with Crippen molar-refractivity contribution in [3.63, 3.8) is 0 Å². The number of carbonyl (C=O) groups excluding carboxylic acids is 1. The third-order valence-electron chi connectivity index (χ3n) is 5.03. The Morgan fingerprint density at radius 2 is 1.79 bits per heavy atom. The summed E-state index contributed by atoms with van der Waals surface area (Å²) in [6.45, 7) is 3.41. The number of amides is 1. The molecule has 9 heteroatoms. The molecule has 3 aromatic rings. The fraction of sp³-hybridized carbons (Fsp3) is 0.200. The summed E-state index contributed by atoms with van der Waals surface area (Å²) >= 11 is 0. The second-order valence-electron chi connectivity index (χ2n) is 7.80. The quantitative estimate of drug-likeness (QED) is 0.360. The van der Waals surface area contributed by atoms with E-state index in [4.69, 9.17) is 4.74 Å². The Hall–Kier alpha value is -3.69. The van der Waals surface area contributed by atoms with Gasteiger partial charge in [0.2, 0.25) is 10.0 Å². The lowest BCUT2D eigenvalue weighted by atomic mass is 10.1. The van der Waals surface area contributed by atoms with E-state index in [1.54, 1.807) is 24.3 Å². The average molecular weight is 482 g/mol. The van der Waals surface area contributed by atoms with Gasteiger partial charge >= 0.3 is 0 Å². The number of ether oxygens (including phenoxy) is 1. The number of hydrogen-bond donors (Lipinski definition) is 2. The summed E-state index contributed by atoms with van der Waals surface area (Å²) in [4.78, 5) is 12.7. The van der Waals surface area contributed by atoms with Crippen LogP contribution in [0.15, 0.2) is 76.7 Å². The maximum Gasteiger partial charge on any atom is 0.255 e. The summed E-state index contributed by atoms with van der Waals surface area (Å²) in [6.07, 6.45) is 1.37. The second kappa shape index (κ2) is 11.0. The zero-order valence-electron chi connectivity index (χ0n) is 19.2. The van der Waals surface area contributed by atoms with Crippen LogP contribution in [0.5, 0.6) is 11.5 Å². The van der Waals surface area contributed by atoms with E-state index in [9.17, 15) is 18.3 Å². The van der Waals surface area contributed by atoms with E-state index in [-0.39, 0.29) is 22.9 Å². The Labute approximate surface area is 199 Å². The summed E-state index contributed by atoms with van der Waals surface area (Å²) in [5.41, 5.74) is 5.64. The van der Waals surface area contributed by atoms with Crippen molar-refractivity contribution in [2.24, 2.45) is 5.10 Å². The molecule has 0 saturated carbocycles. The van der Waals surface area contributed by atoms with Crippen LogP contribution in [0.3, 0.4) is 0 Å². The predicted octanol–water partition coefficient (Wildman–Crippen LogP) is 3.36. The van der Waals surface area contributed by atoms with Crippen LogP contribution in [0.4, 0.5) is 0 Å². The van der Waals surface area contributed by atoms with Crippen molar-refractivity contribution in [3.05, 3.63) is 89.0 Å². The van der Waals surface area contributed by atoms with Gasteiger partial charge in [0, 0.05) is 6.54 Å². The van der Waals surface area contributed by atoms with E-state index in [2.05, 4.69) is 10.5 Å². The normalized spacial score (nSPS) is 11.6. The first-order valence-corrected chi connectivity index (χ1v) is 11.9. The highest BCUT2D eigenvalue weighted by molar-refractivity contribution is 7.89. The molecule has 2 N–H and O–H groups in total. The van der Waals surface area contributed by atoms with Crippen LogP contribution in [0.25, 0.3) is 0 Å². The molecule has 0 aromatic heterocycles. The van der Waals surface area contributed by atoms with Gasteiger partial charge in [-0.25, -0.2) is 13.8 Å². The molecule has 0 aliphatic carbocycles. The molecule has 0 radical (unpaired) electrons. The molecule has 0 saturated heterocycles. The molecule has 0 bridgehead atoms. The number of hydrazone groups is 1. The van der Waals surface area contributed by atoms with Gasteiger partial charge in [-0.1, -0.05) is 47.5 Å². The molecule has 1 amide bonds. The Morgan fingerprint density at radius 3 is 2.47 bits per heavy atom. The molecule has 8 nitrogen and oxygen atoms in total. The maximum absolute atomic E-state index is 13.3. The fourth-order valence-corrected chi connectivity index (χ4v) is 4.63. The first kappa shape index (κ1) is 24.9. The van der Waals surface area contributed by atoms with E-state index in [0.29, 0.717) is 5.56 Å². The van der Waals surface area contributed by atoms with Crippen molar-refractivity contribution in [3.8, 4) is 11.5 Å². The lowest BCUT2D eigenvalue weighted by molar-refractivity contribution is -0.121. The highest BCUT2D eigenvalue weighted by Crippen LogP contribution is 2.25. The molecule has 3 aromatic carbocycles. The van der Waals surface area contributed by atoms with Gasteiger partial charge in [-0.05, 0) is 55.3 Å². The molecule has 0 atom stereocenters. The summed E-state index contributed by atoms with van der Waals surface area (Å²) < 4.78 is 32.8. The summed E-state index contributed by atoms with van der Waals surface area (Å²) in [7, 11) is -2.51. The summed E-state index contributed by atoms with van der Waals surface area (Å²) in [5.74, 6) is -0.342. The van der Waals surface area contributed by atoms with E-state index < -0.39 is 22.5 Å². The zero-order valence-corrected chi connectivity index (χ0v) is 20.0. The van der Waals surface area contributed by atoms with E-state index in [1.807, 2.05) is 38.1 Å². The monoisotopic (exact) mass is 481 g/mol. The number of rotatable bonds is 9. The predicted molar refractivity (Wildman–Crippen MR) is 130 cm³/mol. The van der Waals surface area contributed by atoms with Gasteiger partial charge < -0.3 is 9.84 Å². The van der Waals surface area contributed by atoms with E-state index >= 15 is 0 Å². The zero-order chi connectivity index (χ0) is 24.7. The lowest BCUT2D eigenvalue weighted by Gasteiger charge is -2.22. The van der Waals surface area contributed by atoms with Gasteiger partial charge in [0.25, 0.3) is 5.91 Å². The Balaban J connectivity index is 1.79. The summed E-state index contributed by atoms with van der Waals surface area (Å²) in [6, 6.07) is 18.5. The Bertz CT molecular complexity index is 1290. The van der Waals surface area contributed by atoms with Crippen LogP contribution in [0.1, 0.15) is 22.3 Å². The number of phenols is 1. The topological polar surface area (TPSA) is 108 Å². The largest absolute Gasteiger partial charge is 0.504 e. The Kier molecular flexibility index (Phi) is 8.04. The van der Waals surface area contributed by atoms with E-state index in [0.717, 1.165) is 21.0 Å². The molecule has 0 unspecified atom stereocenters. The van der Waals surface area contributed by atoms with Crippen LogP contribution < -0.4 is 10.2 Å². The molecule has 0 spiro atoms. The maximum atomic E-state index is 13.3. The SMILES string of the molecule is COc1cc(/C=N\NC(=O)CN(Cc2cccc(C)c2)S(=O)(=O)c2ccc(C)cc2)ccc1O. The molecule has 178 valence electrons. The first-order chi connectivity index (χ1) is 16.2. The number of carbonyl (C=O) groups is 1. The minimum absolute atomic E-state index is 0.0169. The Morgan fingerprint density at radius 1 is 1.06 bits per heavy atom. The third-order valence-corrected chi connectivity index (χ3v) is 6.83. The molecule has 0 aliphatic heterocycles. The lowest BCUT2D eigenvalue weighted by Crippen LogP contribution is -2.39. The highest BCUT2D eigenvalue weighted by Gasteiger charge is 2.27. The highest BCUT2D eigenvalue weighted by atomic mass is 32.2. The van der Waals surface area contributed by atoms with Crippen molar-refractivity contribution in [1.29, 1.82) is 0 Å². The van der Waals surface area contributed by atoms with Crippen molar-refractivity contribution in [2.45, 2.75) is 25.3 Å². The summed E-state index contributed by atoms with van der Waals surface area (Å²) in [5, 5.41) is 13.6. The van der Waals surface area contributed by atoms with Gasteiger partial charge in [-0.2, -0.15) is 9.41 Å². The second-order valence-corrected chi connectivity index (χ2v) is 9.74. The van der Waals surface area contributed by atoms with Crippen LogP contribution >= 0.6 is 0 Å². The smallest absolute Gasteiger partial charge is 0.255 e. The number of methoxy groups -OCH3 is 1. The van der Waals surface area contributed by atoms with Gasteiger partial charge in [0.05, 0.1) is 24.8 Å². The van der Waals surface area contributed by atoms with Crippen LogP contribution in [-0.2, 0) is 21.4 Å². The fourth-order valence-electron chi connectivity index (χ4n) is 3.25. The standard InChI is InChI=1S/C25H27N3O5S/c1-18-7-10-22(11-8-18)34(31,32)28(16-21-6-4-5-19(2)13-21)17-25(30)27-26-15-20-9-12-23(29)24(14-20)33-3/h4-15,29H,16-17H2,1-3H3,(H,27,30)/b26-15-. The van der Waals surface area contributed by atoms with Gasteiger partial charge in [-0.15, -0.1) is 0 Å². The number of aryl methyl sites for hydroxylation is 2. The molecule has 0 fully saturated rings. The van der Waals surface area contributed by atoms with Crippen LogP contribution in [0.2, 0.25) is 0 Å². The van der Waals surface area contributed by atoms with Crippen molar-refractivity contribution in [1.82, 2.24) is 9.73 Å². The van der Waals surface area contributed by atoms with Crippen LogP contribution in [0, 0.1) is 13.8 Å². The minimum atomic E-state index is -3.94. The van der Waals surface area contributed by atoms with Crippen molar-refractivity contribution >= 4 is 22.1 Å². The van der Waals surface area contributed by atoms with Crippen LogP contribution in [-0.4, -0.2) is 43.6 Å². The molecule has 0 aliphatic rings. The number of aromatic hydroxyl groups is 1. The first-order valence-electron chi connectivity index (χ1n) is 10.5. The third kappa shape index (κ3) is 6.43. The molecular formula is C25H27N3O5S. The molecule has 3 rings (SSSR count).